The van der Waals surface area contributed by atoms with E-state index in [0.717, 1.165) is 83.9 Å². The average molecular weight is 496 g/mol. The van der Waals surface area contributed by atoms with Gasteiger partial charge in [-0.25, -0.2) is 0 Å². The van der Waals surface area contributed by atoms with Crippen molar-refractivity contribution < 1.29 is 32.6 Å². The van der Waals surface area contributed by atoms with Crippen molar-refractivity contribution >= 4 is 8.80 Å². The van der Waals surface area contributed by atoms with Crippen molar-refractivity contribution in [2.24, 2.45) is 0 Å². The van der Waals surface area contributed by atoms with Crippen LogP contribution in [0, 0.1) is 0 Å². The fourth-order valence-corrected chi connectivity index (χ4v) is 5.60. The minimum Gasteiger partial charge on any atom is -0.394 e. The molecule has 0 aromatic heterocycles. The van der Waals surface area contributed by atoms with Crippen LogP contribution in [0.3, 0.4) is 0 Å². The van der Waals surface area contributed by atoms with E-state index >= 15 is 0 Å². The van der Waals surface area contributed by atoms with Crippen LogP contribution in [0.5, 0.6) is 0 Å². The number of unbranched alkanes of at least 4 members (excludes halogenated alkanes) is 3. The fourth-order valence-electron chi connectivity index (χ4n) is 2.96. The predicted octanol–water partition coefficient (Wildman–Crippen LogP) is 3.74. The molecule has 9 heteroatoms. The quantitative estimate of drug-likeness (QED) is 0.136. The molecule has 0 aliphatic rings. The smallest absolute Gasteiger partial charge is 0.394 e. The Hall–Kier alpha value is -0.103. The molecule has 0 aromatic rings. The summed E-state index contributed by atoms with van der Waals surface area (Å²) in [6.45, 7) is 13.8. The van der Waals surface area contributed by atoms with Crippen LogP contribution in [0.15, 0.2) is 0 Å². The van der Waals surface area contributed by atoms with E-state index in [-0.39, 0.29) is 6.61 Å². The first-order valence-corrected chi connectivity index (χ1v) is 15.0. The number of hydrogen-bond acceptors (Lipinski definition) is 8. The molecule has 0 fully saturated rings. The van der Waals surface area contributed by atoms with Gasteiger partial charge in [0, 0.05) is 32.4 Å². The lowest BCUT2D eigenvalue weighted by Gasteiger charge is -2.30. The minimum absolute atomic E-state index is 0.0451. The van der Waals surface area contributed by atoms with Crippen LogP contribution in [0.2, 0.25) is 6.04 Å². The normalized spacial score (nSPS) is 12.2. The third kappa shape index (κ3) is 20.9. The molecule has 0 spiro atoms. The van der Waals surface area contributed by atoms with Crippen molar-refractivity contribution in [3.8, 4) is 0 Å². The number of aliphatic hydroxyl groups excluding tert-OH is 1. The number of nitrogens with zero attached hydrogens (tertiary/aromatic N) is 1. The Kier molecular flexibility index (Phi) is 24.9. The van der Waals surface area contributed by atoms with Crippen molar-refractivity contribution in [1.82, 2.24) is 4.90 Å². The minimum atomic E-state index is -2.64. The first-order chi connectivity index (χ1) is 16.1. The third-order valence-corrected chi connectivity index (χ3v) is 7.98. The molecule has 0 radical (unpaired) electrons. The van der Waals surface area contributed by atoms with Gasteiger partial charge in [-0.3, -0.25) is 0 Å². The summed E-state index contributed by atoms with van der Waals surface area (Å²) >= 11 is 0. The Morgan fingerprint density at radius 1 is 0.576 bits per heavy atom. The number of rotatable bonds is 27. The predicted molar refractivity (Wildman–Crippen MR) is 135 cm³/mol. The van der Waals surface area contributed by atoms with Gasteiger partial charge >= 0.3 is 8.80 Å². The third-order valence-electron chi connectivity index (χ3n) is 5.08. The van der Waals surface area contributed by atoms with E-state index in [2.05, 4.69) is 32.7 Å². The second kappa shape index (κ2) is 25.0. The molecular formula is C24H53NO7Si. The van der Waals surface area contributed by atoms with Gasteiger partial charge in [-0.1, -0.05) is 40.0 Å². The molecular weight excluding hydrogens is 442 g/mol. The lowest BCUT2D eigenvalue weighted by Crippen LogP contribution is -2.47. The standard InChI is InChI=1S/C24H53NO7Si/c1-5-8-15-30-33(31-16-9-6-2,32-17-10-7-3)24-11-12-25(4)13-18-27-20-22-29-23-21-28-19-14-26/h26H,5-24H2,1-4H3. The molecule has 0 aromatic carbocycles. The van der Waals surface area contributed by atoms with Gasteiger partial charge < -0.3 is 37.5 Å². The van der Waals surface area contributed by atoms with E-state index in [9.17, 15) is 0 Å². The van der Waals surface area contributed by atoms with Crippen LogP contribution < -0.4 is 0 Å². The summed E-state index contributed by atoms with van der Waals surface area (Å²) < 4.78 is 35.2. The molecule has 0 bridgehead atoms. The molecule has 0 rings (SSSR count). The molecule has 0 heterocycles. The van der Waals surface area contributed by atoms with E-state index in [1.54, 1.807) is 0 Å². The van der Waals surface area contributed by atoms with E-state index < -0.39 is 8.80 Å². The first-order valence-electron chi connectivity index (χ1n) is 13.1. The van der Waals surface area contributed by atoms with Crippen LogP contribution >= 0.6 is 0 Å². The summed E-state index contributed by atoms with van der Waals surface area (Å²) in [5.74, 6) is 0. The maximum Gasteiger partial charge on any atom is 0.501 e. The summed E-state index contributed by atoms with van der Waals surface area (Å²) in [5, 5.41) is 8.63. The molecule has 0 saturated carbocycles. The highest BCUT2D eigenvalue weighted by molar-refractivity contribution is 6.60. The maximum atomic E-state index is 8.63. The van der Waals surface area contributed by atoms with Gasteiger partial charge in [0.25, 0.3) is 0 Å². The van der Waals surface area contributed by atoms with Gasteiger partial charge in [-0.15, -0.1) is 0 Å². The Labute approximate surface area is 204 Å². The van der Waals surface area contributed by atoms with Gasteiger partial charge in [0.05, 0.1) is 46.2 Å². The highest BCUT2D eigenvalue weighted by Gasteiger charge is 2.40. The highest BCUT2D eigenvalue weighted by Crippen LogP contribution is 2.20. The molecule has 33 heavy (non-hydrogen) atoms. The van der Waals surface area contributed by atoms with Crippen LogP contribution in [0.4, 0.5) is 0 Å². The van der Waals surface area contributed by atoms with Crippen LogP contribution in [0.1, 0.15) is 65.7 Å². The molecule has 200 valence electrons. The lowest BCUT2D eigenvalue weighted by atomic mass is 10.4. The van der Waals surface area contributed by atoms with Gasteiger partial charge in [0.2, 0.25) is 0 Å². The Balaban J connectivity index is 4.21. The summed E-state index contributed by atoms with van der Waals surface area (Å²) in [5.41, 5.74) is 0. The number of likely N-dealkylation sites (N-methyl/N-ethyl adjacent to an activating group) is 1. The van der Waals surface area contributed by atoms with Gasteiger partial charge in [0.15, 0.2) is 0 Å². The van der Waals surface area contributed by atoms with E-state index in [0.29, 0.717) is 39.6 Å². The fraction of sp³-hybridized carbons (Fsp3) is 1.00. The molecule has 0 atom stereocenters. The summed E-state index contributed by atoms with van der Waals surface area (Å²) in [6.07, 6.45) is 7.45. The van der Waals surface area contributed by atoms with Crippen molar-refractivity contribution in [2.75, 3.05) is 86.2 Å². The number of hydrogen-bond donors (Lipinski definition) is 1. The van der Waals surface area contributed by atoms with E-state index in [1.165, 1.54) is 0 Å². The molecule has 8 nitrogen and oxygen atoms in total. The van der Waals surface area contributed by atoms with Crippen molar-refractivity contribution in [3.05, 3.63) is 0 Å². The molecule has 1 N–H and O–H groups in total. The lowest BCUT2D eigenvalue weighted by molar-refractivity contribution is 0.00533. The molecule has 0 saturated heterocycles. The highest BCUT2D eigenvalue weighted by atomic mass is 28.4. The summed E-state index contributed by atoms with van der Waals surface area (Å²) in [6, 6.07) is 0.863. The van der Waals surface area contributed by atoms with Crippen LogP contribution in [-0.4, -0.2) is 105 Å². The molecule has 0 aliphatic carbocycles. The largest absolute Gasteiger partial charge is 0.501 e. The Morgan fingerprint density at radius 3 is 1.48 bits per heavy atom. The number of aliphatic hydroxyl groups is 1. The van der Waals surface area contributed by atoms with Crippen LogP contribution in [0.25, 0.3) is 0 Å². The van der Waals surface area contributed by atoms with Gasteiger partial charge in [-0.05, 0) is 39.3 Å². The average Bonchev–Trinajstić information content (AvgIpc) is 2.81. The van der Waals surface area contributed by atoms with Crippen molar-refractivity contribution in [2.45, 2.75) is 71.8 Å². The van der Waals surface area contributed by atoms with Gasteiger partial charge in [-0.2, -0.15) is 0 Å². The zero-order valence-electron chi connectivity index (χ0n) is 22.0. The van der Waals surface area contributed by atoms with Gasteiger partial charge in [0.1, 0.15) is 0 Å². The zero-order valence-corrected chi connectivity index (χ0v) is 23.0. The van der Waals surface area contributed by atoms with E-state index in [4.69, 9.17) is 32.6 Å². The summed E-state index contributed by atoms with van der Waals surface area (Å²) in [4.78, 5) is 2.28. The summed E-state index contributed by atoms with van der Waals surface area (Å²) in [7, 11) is -0.518. The topological polar surface area (TPSA) is 78.9 Å². The Bertz CT molecular complexity index is 367. The van der Waals surface area contributed by atoms with E-state index in [1.807, 2.05) is 0 Å². The second-order valence-electron chi connectivity index (χ2n) is 8.26. The van der Waals surface area contributed by atoms with Crippen molar-refractivity contribution in [1.29, 1.82) is 0 Å². The molecule has 0 amide bonds. The zero-order chi connectivity index (χ0) is 24.5. The maximum absolute atomic E-state index is 8.63. The SMILES string of the molecule is CCCCO[Si](CCCN(C)CCOCCOCCOCCO)(OCCCC)OCCCC. The second-order valence-corrected chi connectivity index (χ2v) is 11.0. The molecule has 0 unspecified atom stereocenters. The molecule has 0 aliphatic heterocycles. The monoisotopic (exact) mass is 495 g/mol. The number of ether oxygens (including phenoxy) is 3. The van der Waals surface area contributed by atoms with Crippen LogP contribution in [-0.2, 0) is 27.5 Å². The Morgan fingerprint density at radius 2 is 1.03 bits per heavy atom. The first kappa shape index (κ1) is 32.9. The van der Waals surface area contributed by atoms with Crippen molar-refractivity contribution in [3.63, 3.8) is 0 Å².